The number of aryl methyl sites for hydroxylation is 2. The monoisotopic (exact) mass is 325 g/mol. The Labute approximate surface area is 122 Å². The standard InChI is InChI=1S/C14H16NOS.BrH/c1-10-14(15-9-3-4-13(15)17-10)11-5-7-12(16-2)8-6-11;/h5-8H,3-4,9H2,1-2H3;1H/q+1;/p-1. The van der Waals surface area contributed by atoms with Crippen LogP contribution in [0.2, 0.25) is 0 Å². The summed E-state index contributed by atoms with van der Waals surface area (Å²) in [6.07, 6.45) is 2.52. The van der Waals surface area contributed by atoms with Gasteiger partial charge in [0.15, 0.2) is 6.54 Å². The third-order valence-electron chi connectivity index (χ3n) is 3.31. The highest BCUT2D eigenvalue weighted by Crippen LogP contribution is 2.30. The van der Waals surface area contributed by atoms with Gasteiger partial charge in [0.2, 0.25) is 10.7 Å². The molecule has 0 aliphatic carbocycles. The van der Waals surface area contributed by atoms with Crippen LogP contribution >= 0.6 is 11.3 Å². The normalized spacial score (nSPS) is 13.0. The molecule has 0 unspecified atom stereocenters. The molecule has 0 atom stereocenters. The molecule has 0 spiro atoms. The predicted octanol–water partition coefficient (Wildman–Crippen LogP) is -0.0302. The molecule has 18 heavy (non-hydrogen) atoms. The summed E-state index contributed by atoms with van der Waals surface area (Å²) in [5.41, 5.74) is 2.69. The van der Waals surface area contributed by atoms with Crippen molar-refractivity contribution >= 4 is 11.3 Å². The molecule has 1 aliphatic rings. The van der Waals surface area contributed by atoms with E-state index in [-0.39, 0.29) is 17.0 Å². The van der Waals surface area contributed by atoms with Crippen molar-refractivity contribution in [2.24, 2.45) is 0 Å². The quantitative estimate of drug-likeness (QED) is 0.707. The molecular formula is C14H16BrNOS. The Balaban J connectivity index is 0.00000120. The minimum atomic E-state index is 0. The molecule has 0 saturated heterocycles. The van der Waals surface area contributed by atoms with Gasteiger partial charge in [-0.15, -0.1) is 0 Å². The third-order valence-corrected chi connectivity index (χ3v) is 4.47. The Morgan fingerprint density at radius 3 is 2.61 bits per heavy atom. The molecule has 2 aromatic rings. The lowest BCUT2D eigenvalue weighted by Gasteiger charge is -2.01. The van der Waals surface area contributed by atoms with Gasteiger partial charge in [0.05, 0.1) is 12.0 Å². The number of rotatable bonds is 2. The van der Waals surface area contributed by atoms with Crippen molar-refractivity contribution in [1.82, 2.24) is 0 Å². The number of thiazole rings is 1. The maximum Gasteiger partial charge on any atom is 0.238 e. The average molecular weight is 326 g/mol. The van der Waals surface area contributed by atoms with E-state index in [1.54, 1.807) is 7.11 Å². The molecule has 1 aromatic heterocycles. The van der Waals surface area contributed by atoms with Gasteiger partial charge in [-0.2, -0.15) is 4.57 Å². The van der Waals surface area contributed by atoms with Gasteiger partial charge in [-0.25, -0.2) is 0 Å². The average Bonchev–Trinajstić information content (AvgIpc) is 2.89. The molecule has 0 fully saturated rings. The molecule has 0 radical (unpaired) electrons. The van der Waals surface area contributed by atoms with E-state index < -0.39 is 0 Å². The van der Waals surface area contributed by atoms with Crippen molar-refractivity contribution in [2.45, 2.75) is 26.3 Å². The van der Waals surface area contributed by atoms with Crippen LogP contribution in [0.3, 0.4) is 0 Å². The number of methoxy groups -OCH3 is 1. The van der Waals surface area contributed by atoms with Gasteiger partial charge in [-0.3, -0.25) is 0 Å². The molecular weight excluding hydrogens is 310 g/mol. The lowest BCUT2D eigenvalue weighted by atomic mass is 10.1. The third kappa shape index (κ3) is 2.19. The van der Waals surface area contributed by atoms with E-state index in [2.05, 4.69) is 23.6 Å². The first-order valence-electron chi connectivity index (χ1n) is 5.96. The van der Waals surface area contributed by atoms with Crippen molar-refractivity contribution in [3.8, 4) is 17.0 Å². The summed E-state index contributed by atoms with van der Waals surface area (Å²) in [4.78, 5) is 1.42. The Morgan fingerprint density at radius 2 is 1.94 bits per heavy atom. The minimum Gasteiger partial charge on any atom is -1.00 e. The van der Waals surface area contributed by atoms with Crippen molar-refractivity contribution < 1.29 is 26.3 Å². The molecule has 2 nitrogen and oxygen atoms in total. The highest BCUT2D eigenvalue weighted by atomic mass is 79.9. The maximum absolute atomic E-state index is 5.21. The molecule has 1 aromatic carbocycles. The summed E-state index contributed by atoms with van der Waals surface area (Å²) in [5, 5.41) is 1.52. The van der Waals surface area contributed by atoms with E-state index >= 15 is 0 Å². The Morgan fingerprint density at radius 1 is 1.22 bits per heavy atom. The Hall–Kier alpha value is -0.870. The van der Waals surface area contributed by atoms with Crippen LogP contribution in [-0.4, -0.2) is 7.11 Å². The first-order valence-corrected chi connectivity index (χ1v) is 6.78. The van der Waals surface area contributed by atoms with Gasteiger partial charge in [-0.1, -0.05) is 11.3 Å². The minimum absolute atomic E-state index is 0. The smallest absolute Gasteiger partial charge is 0.238 e. The number of ether oxygens (including phenoxy) is 1. The zero-order valence-electron chi connectivity index (χ0n) is 10.6. The lowest BCUT2D eigenvalue weighted by Crippen LogP contribution is -3.00. The first kappa shape index (κ1) is 13.6. The number of benzene rings is 1. The van der Waals surface area contributed by atoms with E-state index in [0.717, 1.165) is 5.75 Å². The summed E-state index contributed by atoms with van der Waals surface area (Å²) in [6, 6.07) is 8.38. The number of hydrogen-bond donors (Lipinski definition) is 0. The van der Waals surface area contributed by atoms with Crippen LogP contribution in [0.25, 0.3) is 11.3 Å². The second-order valence-electron chi connectivity index (χ2n) is 4.38. The van der Waals surface area contributed by atoms with E-state index in [1.165, 1.54) is 40.5 Å². The Kier molecular flexibility index (Phi) is 4.07. The van der Waals surface area contributed by atoms with Crippen molar-refractivity contribution in [3.63, 3.8) is 0 Å². The van der Waals surface area contributed by atoms with Gasteiger partial charge in [0.25, 0.3) is 0 Å². The zero-order valence-corrected chi connectivity index (χ0v) is 13.0. The summed E-state index contributed by atoms with van der Waals surface area (Å²) in [7, 11) is 1.71. The van der Waals surface area contributed by atoms with Crippen molar-refractivity contribution in [2.75, 3.05) is 7.11 Å². The van der Waals surface area contributed by atoms with E-state index in [1.807, 2.05) is 23.5 Å². The number of hydrogen-bond acceptors (Lipinski definition) is 2. The lowest BCUT2D eigenvalue weighted by molar-refractivity contribution is -0.675. The highest BCUT2D eigenvalue weighted by molar-refractivity contribution is 7.11. The van der Waals surface area contributed by atoms with Gasteiger partial charge in [-0.05, 0) is 31.2 Å². The van der Waals surface area contributed by atoms with Gasteiger partial charge in [0, 0.05) is 18.4 Å². The predicted molar refractivity (Wildman–Crippen MR) is 69.6 cm³/mol. The van der Waals surface area contributed by atoms with Gasteiger partial charge in [0.1, 0.15) is 5.75 Å². The van der Waals surface area contributed by atoms with E-state index in [4.69, 9.17) is 4.74 Å². The zero-order chi connectivity index (χ0) is 11.8. The molecule has 4 heteroatoms. The molecule has 1 aliphatic heterocycles. The second-order valence-corrected chi connectivity index (χ2v) is 5.67. The topological polar surface area (TPSA) is 13.1 Å². The fraction of sp³-hybridized carbons (Fsp3) is 0.357. The SMILES string of the molecule is COc1ccc(-c2c(C)sc3[n+]2CCC3)cc1.[Br-]. The molecule has 3 rings (SSSR count). The van der Waals surface area contributed by atoms with Crippen LogP contribution in [0.1, 0.15) is 16.3 Å². The van der Waals surface area contributed by atoms with Crippen LogP contribution < -0.4 is 26.3 Å². The summed E-state index contributed by atoms with van der Waals surface area (Å²) >= 11 is 1.94. The fourth-order valence-electron chi connectivity index (χ4n) is 2.51. The summed E-state index contributed by atoms with van der Waals surface area (Å²) < 4.78 is 7.68. The van der Waals surface area contributed by atoms with E-state index in [0.29, 0.717) is 0 Å². The molecule has 0 saturated carbocycles. The second kappa shape index (κ2) is 5.41. The fourth-order valence-corrected chi connectivity index (χ4v) is 3.73. The van der Waals surface area contributed by atoms with Gasteiger partial charge >= 0.3 is 0 Å². The van der Waals surface area contributed by atoms with Crippen molar-refractivity contribution in [1.29, 1.82) is 0 Å². The molecule has 0 amide bonds. The number of nitrogens with zero attached hydrogens (tertiary/aromatic N) is 1. The van der Waals surface area contributed by atoms with E-state index in [9.17, 15) is 0 Å². The van der Waals surface area contributed by atoms with Crippen LogP contribution in [0.5, 0.6) is 5.75 Å². The number of halogens is 1. The maximum atomic E-state index is 5.21. The van der Waals surface area contributed by atoms with Crippen LogP contribution in [0.4, 0.5) is 0 Å². The molecule has 2 heterocycles. The number of fused-ring (bicyclic) bond motifs is 1. The largest absolute Gasteiger partial charge is 1.00 e. The summed E-state index contributed by atoms with van der Waals surface area (Å²) in [5.74, 6) is 0.920. The van der Waals surface area contributed by atoms with Crippen LogP contribution in [0.15, 0.2) is 24.3 Å². The van der Waals surface area contributed by atoms with Crippen molar-refractivity contribution in [3.05, 3.63) is 34.2 Å². The van der Waals surface area contributed by atoms with Crippen LogP contribution in [-0.2, 0) is 13.0 Å². The van der Waals surface area contributed by atoms with Gasteiger partial charge < -0.3 is 21.7 Å². The first-order chi connectivity index (χ1) is 8.29. The molecule has 0 N–H and O–H groups in total. The number of aromatic nitrogens is 1. The van der Waals surface area contributed by atoms with Crippen LogP contribution in [0, 0.1) is 6.92 Å². The molecule has 0 bridgehead atoms. The molecule has 96 valence electrons. The highest BCUT2D eigenvalue weighted by Gasteiger charge is 2.29. The Bertz CT molecular complexity index is 548. The summed E-state index contributed by atoms with van der Waals surface area (Å²) in [6.45, 7) is 3.39.